The van der Waals surface area contributed by atoms with Crippen molar-refractivity contribution in [1.82, 2.24) is 10.3 Å². The maximum atomic E-state index is 12.4. The van der Waals surface area contributed by atoms with Crippen LogP contribution >= 0.6 is 11.3 Å². The summed E-state index contributed by atoms with van der Waals surface area (Å²) < 4.78 is 11.2. The van der Waals surface area contributed by atoms with Gasteiger partial charge in [-0.25, -0.2) is 4.98 Å². The van der Waals surface area contributed by atoms with Crippen molar-refractivity contribution in [2.24, 2.45) is 5.92 Å². The largest absolute Gasteiger partial charge is 0.491 e. The number of rotatable bonds is 6. The number of hydrogen-bond acceptors (Lipinski definition) is 5. The first-order valence-electron chi connectivity index (χ1n) is 9.13. The Morgan fingerprint density at radius 1 is 1.38 bits per heavy atom. The average Bonchev–Trinajstić information content (AvgIpc) is 3.10. The Morgan fingerprint density at radius 2 is 2.15 bits per heavy atom. The fourth-order valence-electron chi connectivity index (χ4n) is 3.06. The molecule has 2 atom stereocenters. The molecule has 2 heterocycles. The zero-order valence-corrected chi connectivity index (χ0v) is 16.3. The standard InChI is InChI=1S/C20H26N2O3S/c1-13(2)25-17-6-4-16(5-7-17)20-22-18(12-26-20)19(23)21-11-15-8-9-24-14(3)10-15/h4-7,12-15H,8-11H2,1-3H3,(H,21,23)/t14-,15-/m1/s1. The van der Waals surface area contributed by atoms with E-state index in [1.165, 1.54) is 11.3 Å². The Hall–Kier alpha value is -1.92. The normalized spacial score (nSPS) is 20.2. The number of benzene rings is 1. The lowest BCUT2D eigenvalue weighted by Crippen LogP contribution is -2.34. The van der Waals surface area contributed by atoms with Crippen LogP contribution in [0.5, 0.6) is 5.75 Å². The molecule has 140 valence electrons. The van der Waals surface area contributed by atoms with Gasteiger partial charge in [0.05, 0.1) is 12.2 Å². The van der Waals surface area contributed by atoms with Gasteiger partial charge in [-0.15, -0.1) is 11.3 Å². The highest BCUT2D eigenvalue weighted by molar-refractivity contribution is 7.13. The van der Waals surface area contributed by atoms with Gasteiger partial charge in [-0.1, -0.05) is 0 Å². The Balaban J connectivity index is 1.57. The Kier molecular flexibility index (Phi) is 6.27. The van der Waals surface area contributed by atoms with Gasteiger partial charge in [0.1, 0.15) is 16.5 Å². The Morgan fingerprint density at radius 3 is 2.85 bits per heavy atom. The third-order valence-electron chi connectivity index (χ3n) is 4.35. The third-order valence-corrected chi connectivity index (χ3v) is 5.25. The predicted octanol–water partition coefficient (Wildman–Crippen LogP) is 4.14. The van der Waals surface area contributed by atoms with Gasteiger partial charge in [-0.05, 0) is 63.8 Å². The van der Waals surface area contributed by atoms with Gasteiger partial charge in [0.15, 0.2) is 0 Å². The molecule has 1 N–H and O–H groups in total. The molecule has 2 aromatic rings. The smallest absolute Gasteiger partial charge is 0.270 e. The zero-order chi connectivity index (χ0) is 18.5. The van der Waals surface area contributed by atoms with E-state index in [4.69, 9.17) is 9.47 Å². The molecule has 1 amide bonds. The highest BCUT2D eigenvalue weighted by Crippen LogP contribution is 2.26. The van der Waals surface area contributed by atoms with Crippen molar-refractivity contribution < 1.29 is 14.3 Å². The third kappa shape index (κ3) is 5.05. The lowest BCUT2D eigenvalue weighted by molar-refractivity contribution is 0.00301. The molecular weight excluding hydrogens is 348 g/mol. The predicted molar refractivity (Wildman–Crippen MR) is 104 cm³/mol. The van der Waals surface area contributed by atoms with E-state index in [1.807, 2.05) is 43.5 Å². The van der Waals surface area contributed by atoms with Crippen LogP contribution in [0.2, 0.25) is 0 Å². The summed E-state index contributed by atoms with van der Waals surface area (Å²) in [6.07, 6.45) is 2.42. The fourth-order valence-corrected chi connectivity index (χ4v) is 3.87. The highest BCUT2D eigenvalue weighted by atomic mass is 32.1. The summed E-state index contributed by atoms with van der Waals surface area (Å²) in [5.74, 6) is 1.21. The van der Waals surface area contributed by atoms with Crippen LogP contribution < -0.4 is 10.1 Å². The van der Waals surface area contributed by atoms with Gasteiger partial charge in [0, 0.05) is 24.1 Å². The first kappa shape index (κ1) is 18.9. The molecule has 0 radical (unpaired) electrons. The molecule has 0 saturated carbocycles. The molecule has 1 fully saturated rings. The molecule has 1 aliphatic heterocycles. The maximum Gasteiger partial charge on any atom is 0.270 e. The molecule has 26 heavy (non-hydrogen) atoms. The van der Waals surface area contributed by atoms with Crippen LogP contribution in [0.25, 0.3) is 10.6 Å². The first-order valence-corrected chi connectivity index (χ1v) is 10.0. The number of carbonyl (C=O) groups is 1. The monoisotopic (exact) mass is 374 g/mol. The molecule has 1 aliphatic rings. The molecule has 0 bridgehead atoms. The van der Waals surface area contributed by atoms with Crippen molar-refractivity contribution in [1.29, 1.82) is 0 Å². The lowest BCUT2D eigenvalue weighted by Gasteiger charge is -2.27. The SMILES string of the molecule is CC(C)Oc1ccc(-c2nc(C(=O)NC[C@@H]3CCO[C@H](C)C3)cs2)cc1. The molecule has 1 aromatic heterocycles. The Bertz CT molecular complexity index is 727. The number of aromatic nitrogens is 1. The molecule has 1 saturated heterocycles. The van der Waals surface area contributed by atoms with Crippen LogP contribution in [0.4, 0.5) is 0 Å². The van der Waals surface area contributed by atoms with Crippen molar-refractivity contribution in [3.8, 4) is 16.3 Å². The summed E-state index contributed by atoms with van der Waals surface area (Å²) in [6.45, 7) is 7.54. The van der Waals surface area contributed by atoms with E-state index in [0.717, 1.165) is 35.8 Å². The summed E-state index contributed by atoms with van der Waals surface area (Å²) in [5.41, 5.74) is 1.47. The minimum atomic E-state index is -0.105. The van der Waals surface area contributed by atoms with Gasteiger partial charge in [0.25, 0.3) is 5.91 Å². The van der Waals surface area contributed by atoms with Gasteiger partial charge < -0.3 is 14.8 Å². The quantitative estimate of drug-likeness (QED) is 0.825. The topological polar surface area (TPSA) is 60.5 Å². The van der Waals surface area contributed by atoms with Gasteiger partial charge >= 0.3 is 0 Å². The molecule has 3 rings (SSSR count). The summed E-state index contributed by atoms with van der Waals surface area (Å²) >= 11 is 1.48. The van der Waals surface area contributed by atoms with Crippen LogP contribution in [0, 0.1) is 5.92 Å². The van der Waals surface area contributed by atoms with E-state index >= 15 is 0 Å². The number of carbonyl (C=O) groups excluding carboxylic acids is 1. The van der Waals surface area contributed by atoms with E-state index in [0.29, 0.717) is 18.2 Å². The zero-order valence-electron chi connectivity index (χ0n) is 15.5. The molecule has 6 heteroatoms. The summed E-state index contributed by atoms with van der Waals surface area (Å²) in [7, 11) is 0. The summed E-state index contributed by atoms with van der Waals surface area (Å²) in [4.78, 5) is 16.9. The van der Waals surface area contributed by atoms with Crippen molar-refractivity contribution in [2.45, 2.75) is 45.8 Å². The number of nitrogens with zero attached hydrogens (tertiary/aromatic N) is 1. The van der Waals surface area contributed by atoms with Crippen LogP contribution in [-0.2, 0) is 4.74 Å². The minimum Gasteiger partial charge on any atom is -0.491 e. The van der Waals surface area contributed by atoms with Crippen molar-refractivity contribution in [2.75, 3.05) is 13.2 Å². The number of thiazole rings is 1. The van der Waals surface area contributed by atoms with Gasteiger partial charge in [-0.2, -0.15) is 0 Å². The average molecular weight is 375 g/mol. The van der Waals surface area contributed by atoms with Crippen LogP contribution in [0.15, 0.2) is 29.6 Å². The molecule has 0 aliphatic carbocycles. The van der Waals surface area contributed by atoms with Crippen LogP contribution in [0.3, 0.4) is 0 Å². The second kappa shape index (κ2) is 8.64. The number of amides is 1. The molecule has 5 nitrogen and oxygen atoms in total. The van der Waals surface area contributed by atoms with E-state index in [1.54, 1.807) is 0 Å². The number of hydrogen-bond donors (Lipinski definition) is 1. The van der Waals surface area contributed by atoms with E-state index < -0.39 is 0 Å². The van der Waals surface area contributed by atoms with Crippen LogP contribution in [-0.4, -0.2) is 36.3 Å². The maximum absolute atomic E-state index is 12.4. The van der Waals surface area contributed by atoms with Crippen molar-refractivity contribution in [3.63, 3.8) is 0 Å². The van der Waals surface area contributed by atoms with Crippen molar-refractivity contribution in [3.05, 3.63) is 35.3 Å². The molecule has 0 unspecified atom stereocenters. The Labute approximate surface area is 158 Å². The summed E-state index contributed by atoms with van der Waals surface area (Å²) in [5, 5.41) is 5.67. The highest BCUT2D eigenvalue weighted by Gasteiger charge is 2.20. The molecule has 1 aromatic carbocycles. The number of nitrogens with one attached hydrogen (secondary N) is 1. The van der Waals surface area contributed by atoms with Gasteiger partial charge in [0.2, 0.25) is 0 Å². The van der Waals surface area contributed by atoms with Gasteiger partial charge in [-0.3, -0.25) is 4.79 Å². The molecule has 0 spiro atoms. The minimum absolute atomic E-state index is 0.105. The second-order valence-electron chi connectivity index (χ2n) is 7.01. The fraction of sp³-hybridized carbons (Fsp3) is 0.500. The van der Waals surface area contributed by atoms with E-state index in [-0.39, 0.29) is 18.1 Å². The summed E-state index contributed by atoms with van der Waals surface area (Å²) in [6, 6.07) is 7.81. The van der Waals surface area contributed by atoms with E-state index in [2.05, 4.69) is 17.2 Å². The van der Waals surface area contributed by atoms with E-state index in [9.17, 15) is 4.79 Å². The van der Waals surface area contributed by atoms with Crippen LogP contribution in [0.1, 0.15) is 44.1 Å². The van der Waals surface area contributed by atoms with Crippen molar-refractivity contribution >= 4 is 17.2 Å². The second-order valence-corrected chi connectivity index (χ2v) is 7.87. The number of ether oxygens (including phenoxy) is 2. The molecular formula is C20H26N2O3S. The lowest BCUT2D eigenvalue weighted by atomic mass is 9.96. The first-order chi connectivity index (χ1) is 12.5.